The van der Waals surface area contributed by atoms with Gasteiger partial charge in [0.2, 0.25) is 0 Å². The van der Waals surface area contributed by atoms with Crippen LogP contribution in [0.2, 0.25) is 0 Å². The fraction of sp³-hybridized carbons (Fsp3) is 0.125. The van der Waals surface area contributed by atoms with E-state index in [-0.39, 0.29) is 12.1 Å². The molecule has 1 amide bonds. The van der Waals surface area contributed by atoms with Gasteiger partial charge in [0.05, 0.1) is 0 Å². The number of hydrogen-bond donors (Lipinski definition) is 1. The Balaban J connectivity index is 2.20. The number of aliphatic carboxylic acids is 1. The molecule has 4 nitrogen and oxygen atoms in total. The highest BCUT2D eigenvalue weighted by atomic mass is 19.1. The molecule has 0 aromatic heterocycles. The van der Waals surface area contributed by atoms with Crippen LogP contribution < -0.4 is 0 Å². The normalized spacial score (nSPS) is 10.1. The summed E-state index contributed by atoms with van der Waals surface area (Å²) in [7, 11) is 0. The third-order valence-electron chi connectivity index (χ3n) is 2.92. The van der Waals surface area contributed by atoms with Gasteiger partial charge in [-0.3, -0.25) is 9.59 Å². The summed E-state index contributed by atoms with van der Waals surface area (Å²) in [5.41, 5.74) is 1.09. The van der Waals surface area contributed by atoms with Crippen molar-refractivity contribution in [3.8, 4) is 0 Å². The summed E-state index contributed by atoms with van der Waals surface area (Å²) in [6.07, 6.45) is 0. The zero-order chi connectivity index (χ0) is 15.2. The van der Waals surface area contributed by atoms with Crippen molar-refractivity contribution in [3.05, 3.63) is 71.5 Å². The first kappa shape index (κ1) is 14.7. The maximum Gasteiger partial charge on any atom is 0.323 e. The number of carbonyl (C=O) groups excluding carboxylic acids is 1. The third kappa shape index (κ3) is 4.14. The number of carbonyl (C=O) groups is 2. The molecule has 0 atom stereocenters. The number of carboxylic acid groups (broad SMARTS) is 1. The zero-order valence-corrected chi connectivity index (χ0v) is 11.2. The van der Waals surface area contributed by atoms with Crippen LogP contribution in [0, 0.1) is 5.82 Å². The molecule has 108 valence electrons. The van der Waals surface area contributed by atoms with E-state index in [0.29, 0.717) is 0 Å². The van der Waals surface area contributed by atoms with Crippen molar-refractivity contribution in [1.29, 1.82) is 0 Å². The quantitative estimate of drug-likeness (QED) is 0.919. The van der Waals surface area contributed by atoms with Crippen LogP contribution in [0.4, 0.5) is 4.39 Å². The van der Waals surface area contributed by atoms with E-state index in [1.807, 2.05) is 30.3 Å². The van der Waals surface area contributed by atoms with Crippen LogP contribution in [-0.4, -0.2) is 28.4 Å². The highest BCUT2D eigenvalue weighted by Gasteiger charge is 2.18. The lowest BCUT2D eigenvalue weighted by Gasteiger charge is -2.21. The minimum absolute atomic E-state index is 0.184. The van der Waals surface area contributed by atoms with E-state index in [4.69, 9.17) is 5.11 Å². The third-order valence-corrected chi connectivity index (χ3v) is 2.92. The van der Waals surface area contributed by atoms with E-state index in [1.54, 1.807) is 0 Å². The van der Waals surface area contributed by atoms with Crippen LogP contribution in [0.25, 0.3) is 0 Å². The van der Waals surface area contributed by atoms with Gasteiger partial charge in [-0.25, -0.2) is 4.39 Å². The molecule has 0 saturated heterocycles. The van der Waals surface area contributed by atoms with Gasteiger partial charge in [-0.2, -0.15) is 0 Å². The molecule has 1 N–H and O–H groups in total. The van der Waals surface area contributed by atoms with Gasteiger partial charge in [0.15, 0.2) is 0 Å². The lowest BCUT2D eigenvalue weighted by atomic mass is 10.1. The Morgan fingerprint density at radius 3 is 2.19 bits per heavy atom. The molecule has 5 heteroatoms. The summed E-state index contributed by atoms with van der Waals surface area (Å²) in [6.45, 7) is -0.228. The molecule has 21 heavy (non-hydrogen) atoms. The Hall–Kier alpha value is -2.69. The molecule has 0 spiro atoms. The number of halogens is 1. The predicted molar refractivity (Wildman–Crippen MR) is 75.2 cm³/mol. The van der Waals surface area contributed by atoms with Crippen molar-refractivity contribution in [1.82, 2.24) is 4.90 Å². The summed E-state index contributed by atoms with van der Waals surface area (Å²) >= 11 is 0. The maximum absolute atomic E-state index is 12.9. The van der Waals surface area contributed by atoms with Crippen molar-refractivity contribution in [3.63, 3.8) is 0 Å². The summed E-state index contributed by atoms with van der Waals surface area (Å²) in [5.74, 6) is -1.98. The van der Waals surface area contributed by atoms with Crippen molar-refractivity contribution < 1.29 is 19.1 Å². The van der Waals surface area contributed by atoms with E-state index in [1.165, 1.54) is 29.2 Å². The van der Waals surface area contributed by atoms with Gasteiger partial charge in [-0.1, -0.05) is 30.3 Å². The molecule has 0 aliphatic rings. The van der Waals surface area contributed by atoms with E-state index < -0.39 is 24.2 Å². The Morgan fingerprint density at radius 1 is 1.00 bits per heavy atom. The fourth-order valence-corrected chi connectivity index (χ4v) is 1.94. The Morgan fingerprint density at radius 2 is 1.62 bits per heavy atom. The first-order chi connectivity index (χ1) is 10.1. The maximum atomic E-state index is 12.9. The molecule has 0 heterocycles. The van der Waals surface area contributed by atoms with Crippen molar-refractivity contribution in [2.75, 3.05) is 6.54 Å². The summed E-state index contributed by atoms with van der Waals surface area (Å²) in [6, 6.07) is 14.1. The molecule has 0 radical (unpaired) electrons. The molecular weight excluding hydrogens is 273 g/mol. The Kier molecular flexibility index (Phi) is 4.66. The predicted octanol–water partition coefficient (Wildman–Crippen LogP) is 2.55. The van der Waals surface area contributed by atoms with Crippen molar-refractivity contribution in [2.24, 2.45) is 0 Å². The number of carboxylic acids is 1. The van der Waals surface area contributed by atoms with Crippen molar-refractivity contribution in [2.45, 2.75) is 6.54 Å². The highest BCUT2D eigenvalue weighted by Crippen LogP contribution is 2.11. The number of hydrogen-bond acceptors (Lipinski definition) is 2. The van der Waals surface area contributed by atoms with E-state index in [0.717, 1.165) is 5.56 Å². The van der Waals surface area contributed by atoms with Crippen LogP contribution in [0.15, 0.2) is 54.6 Å². The smallest absolute Gasteiger partial charge is 0.323 e. The highest BCUT2D eigenvalue weighted by molar-refractivity contribution is 5.95. The first-order valence-electron chi connectivity index (χ1n) is 6.37. The van der Waals surface area contributed by atoms with Gasteiger partial charge in [-0.15, -0.1) is 0 Å². The minimum atomic E-state index is -1.10. The molecular formula is C16H14FNO3. The molecule has 2 aromatic rings. The van der Waals surface area contributed by atoms with Gasteiger partial charge >= 0.3 is 5.97 Å². The van der Waals surface area contributed by atoms with Crippen LogP contribution in [0.3, 0.4) is 0 Å². The lowest BCUT2D eigenvalue weighted by Crippen LogP contribution is -2.35. The largest absolute Gasteiger partial charge is 0.480 e. The number of benzene rings is 2. The second-order valence-corrected chi connectivity index (χ2v) is 4.55. The first-order valence-corrected chi connectivity index (χ1v) is 6.37. The van der Waals surface area contributed by atoms with E-state index in [2.05, 4.69) is 0 Å². The summed E-state index contributed by atoms with van der Waals surface area (Å²) < 4.78 is 12.9. The van der Waals surface area contributed by atoms with Crippen LogP contribution in [0.1, 0.15) is 15.9 Å². The summed E-state index contributed by atoms with van der Waals surface area (Å²) in [4.78, 5) is 24.5. The van der Waals surface area contributed by atoms with Gasteiger partial charge in [0, 0.05) is 12.1 Å². The van der Waals surface area contributed by atoms with Gasteiger partial charge in [-0.05, 0) is 29.8 Å². The zero-order valence-electron chi connectivity index (χ0n) is 11.2. The molecule has 2 rings (SSSR count). The second kappa shape index (κ2) is 6.65. The SMILES string of the molecule is O=C(O)CN(Cc1ccccc1)C(=O)c1ccc(F)cc1. The molecule has 0 aliphatic carbocycles. The summed E-state index contributed by atoms with van der Waals surface area (Å²) in [5, 5.41) is 8.95. The Labute approximate surface area is 121 Å². The van der Waals surface area contributed by atoms with Gasteiger partial charge < -0.3 is 10.0 Å². The minimum Gasteiger partial charge on any atom is -0.480 e. The van der Waals surface area contributed by atoms with Crippen molar-refractivity contribution >= 4 is 11.9 Å². The average molecular weight is 287 g/mol. The molecule has 0 aliphatic heterocycles. The van der Waals surface area contributed by atoms with Crippen LogP contribution >= 0.6 is 0 Å². The standard InChI is InChI=1S/C16H14FNO3/c17-14-8-6-13(7-9-14)16(21)18(11-15(19)20)10-12-4-2-1-3-5-12/h1-9H,10-11H2,(H,19,20). The van der Waals surface area contributed by atoms with E-state index in [9.17, 15) is 14.0 Å². The molecule has 0 fully saturated rings. The molecule has 0 saturated carbocycles. The average Bonchev–Trinajstić information content (AvgIpc) is 2.47. The fourth-order valence-electron chi connectivity index (χ4n) is 1.94. The number of amides is 1. The molecule has 0 unspecified atom stereocenters. The second-order valence-electron chi connectivity index (χ2n) is 4.55. The van der Waals surface area contributed by atoms with Crippen LogP contribution in [0.5, 0.6) is 0 Å². The van der Waals surface area contributed by atoms with E-state index >= 15 is 0 Å². The molecule has 2 aromatic carbocycles. The van der Waals surface area contributed by atoms with Crippen LogP contribution in [-0.2, 0) is 11.3 Å². The number of rotatable bonds is 5. The Bertz CT molecular complexity index is 626. The van der Waals surface area contributed by atoms with Gasteiger partial charge in [0.25, 0.3) is 5.91 Å². The van der Waals surface area contributed by atoms with Gasteiger partial charge in [0.1, 0.15) is 12.4 Å². The topological polar surface area (TPSA) is 57.6 Å². The lowest BCUT2D eigenvalue weighted by molar-refractivity contribution is -0.137. The number of nitrogens with zero attached hydrogens (tertiary/aromatic N) is 1. The monoisotopic (exact) mass is 287 g/mol. The molecule has 0 bridgehead atoms.